The van der Waals surface area contributed by atoms with Crippen molar-refractivity contribution in [2.24, 2.45) is 0 Å². The molecule has 0 amide bonds. The average molecular weight is 265 g/mol. The van der Waals surface area contributed by atoms with Gasteiger partial charge in [0.2, 0.25) is 0 Å². The number of nitro groups is 1. The maximum absolute atomic E-state index is 12.4. The molecule has 9 heteroatoms. The normalized spacial score (nSPS) is 13.2. The van der Waals surface area contributed by atoms with Crippen molar-refractivity contribution in [3.05, 3.63) is 28.1 Å². The van der Waals surface area contributed by atoms with Gasteiger partial charge in [-0.1, -0.05) is 0 Å². The van der Waals surface area contributed by atoms with Gasteiger partial charge in [0.15, 0.2) is 0 Å². The molecule has 2 N–H and O–H groups in total. The van der Waals surface area contributed by atoms with E-state index in [-0.39, 0.29) is 12.3 Å². The Hall–Kier alpha value is -1.90. The van der Waals surface area contributed by atoms with E-state index in [0.29, 0.717) is 12.3 Å². The van der Waals surface area contributed by atoms with Gasteiger partial charge < -0.3 is 10.4 Å². The third-order valence-corrected chi connectivity index (χ3v) is 2.05. The average Bonchev–Trinajstić information content (AvgIpc) is 2.27. The summed E-state index contributed by atoms with van der Waals surface area (Å²) in [6, 6.07) is -0.0724. The van der Waals surface area contributed by atoms with Crippen LogP contribution in [0.4, 0.5) is 24.5 Å². The molecule has 0 aliphatic heterocycles. The van der Waals surface area contributed by atoms with Crippen molar-refractivity contribution < 1.29 is 23.2 Å². The van der Waals surface area contributed by atoms with E-state index >= 15 is 0 Å². The Kier molecular flexibility index (Phi) is 4.07. The fraction of sp³-hybridized carbons (Fsp3) is 0.444. The molecular weight excluding hydrogens is 255 g/mol. The van der Waals surface area contributed by atoms with Gasteiger partial charge in [-0.25, -0.2) is 4.98 Å². The molecule has 1 aromatic rings. The summed E-state index contributed by atoms with van der Waals surface area (Å²) in [6.45, 7) is 1.10. The van der Waals surface area contributed by atoms with Crippen molar-refractivity contribution in [1.29, 1.82) is 0 Å². The van der Waals surface area contributed by atoms with Crippen LogP contribution in [0.3, 0.4) is 0 Å². The van der Waals surface area contributed by atoms with Crippen LogP contribution in [0.5, 0.6) is 0 Å². The molecule has 0 radical (unpaired) electrons. The van der Waals surface area contributed by atoms with Gasteiger partial charge in [0.05, 0.1) is 11.5 Å². The Bertz CT molecular complexity index is 450. The number of hydrogen-bond acceptors (Lipinski definition) is 5. The number of nitrogens with zero attached hydrogens (tertiary/aromatic N) is 2. The van der Waals surface area contributed by atoms with Crippen molar-refractivity contribution >= 4 is 11.4 Å². The number of rotatable bonds is 4. The molecule has 0 aliphatic rings. The van der Waals surface area contributed by atoms with Gasteiger partial charge in [-0.15, -0.1) is 0 Å². The minimum absolute atomic E-state index is 0.330. The molecule has 1 aromatic heterocycles. The number of alkyl halides is 3. The highest BCUT2D eigenvalue weighted by Crippen LogP contribution is 2.33. The Balaban J connectivity index is 3.20. The fourth-order valence-corrected chi connectivity index (χ4v) is 1.18. The SMILES string of the molecule is CC(CO)Nc1cc(C(F)(F)F)ncc1[N+](=O)[O-]. The number of anilines is 1. The second kappa shape index (κ2) is 5.17. The van der Waals surface area contributed by atoms with Crippen LogP contribution in [-0.2, 0) is 6.18 Å². The van der Waals surface area contributed by atoms with E-state index in [1.54, 1.807) is 0 Å². The zero-order chi connectivity index (χ0) is 13.9. The number of aromatic nitrogens is 1. The van der Waals surface area contributed by atoms with Crippen molar-refractivity contribution in [3.63, 3.8) is 0 Å². The monoisotopic (exact) mass is 265 g/mol. The van der Waals surface area contributed by atoms with Gasteiger partial charge in [-0.05, 0) is 13.0 Å². The number of pyridine rings is 1. The summed E-state index contributed by atoms with van der Waals surface area (Å²) in [5.41, 5.74) is -2.15. The van der Waals surface area contributed by atoms with Crippen LogP contribution in [-0.4, -0.2) is 27.7 Å². The molecule has 0 aromatic carbocycles. The van der Waals surface area contributed by atoms with E-state index in [9.17, 15) is 23.3 Å². The summed E-state index contributed by atoms with van der Waals surface area (Å²) in [7, 11) is 0. The lowest BCUT2D eigenvalue weighted by atomic mass is 10.2. The molecule has 0 aliphatic carbocycles. The van der Waals surface area contributed by atoms with E-state index in [4.69, 9.17) is 5.11 Å². The molecule has 0 spiro atoms. The number of halogens is 3. The lowest BCUT2D eigenvalue weighted by Crippen LogP contribution is -2.21. The molecule has 18 heavy (non-hydrogen) atoms. The van der Waals surface area contributed by atoms with Gasteiger partial charge >= 0.3 is 11.9 Å². The minimum Gasteiger partial charge on any atom is -0.394 e. The van der Waals surface area contributed by atoms with Crippen LogP contribution < -0.4 is 5.32 Å². The molecule has 0 saturated heterocycles. The molecule has 100 valence electrons. The quantitative estimate of drug-likeness (QED) is 0.640. The van der Waals surface area contributed by atoms with Crippen LogP contribution in [0.2, 0.25) is 0 Å². The molecule has 0 bridgehead atoms. The number of hydrogen-bond donors (Lipinski definition) is 2. The van der Waals surface area contributed by atoms with E-state index in [1.165, 1.54) is 6.92 Å². The molecule has 6 nitrogen and oxygen atoms in total. The zero-order valence-corrected chi connectivity index (χ0v) is 9.23. The van der Waals surface area contributed by atoms with Crippen LogP contribution in [0.15, 0.2) is 12.3 Å². The molecule has 1 rings (SSSR count). The maximum Gasteiger partial charge on any atom is 0.433 e. The Morgan fingerprint density at radius 3 is 2.67 bits per heavy atom. The molecule has 1 heterocycles. The van der Waals surface area contributed by atoms with Crippen molar-refractivity contribution in [1.82, 2.24) is 4.98 Å². The first-order chi connectivity index (χ1) is 8.25. The first kappa shape index (κ1) is 14.2. The topological polar surface area (TPSA) is 88.3 Å². The second-order valence-corrected chi connectivity index (χ2v) is 3.57. The lowest BCUT2D eigenvalue weighted by Gasteiger charge is -2.14. The highest BCUT2D eigenvalue weighted by Gasteiger charge is 2.34. The third-order valence-electron chi connectivity index (χ3n) is 2.05. The smallest absolute Gasteiger partial charge is 0.394 e. The Labute approximate surface area is 99.6 Å². The van der Waals surface area contributed by atoms with Gasteiger partial charge in [-0.3, -0.25) is 10.1 Å². The van der Waals surface area contributed by atoms with Crippen molar-refractivity contribution in [2.75, 3.05) is 11.9 Å². The number of aliphatic hydroxyl groups is 1. The largest absolute Gasteiger partial charge is 0.433 e. The Morgan fingerprint density at radius 1 is 1.61 bits per heavy atom. The summed E-state index contributed by atoms with van der Waals surface area (Å²) >= 11 is 0. The third kappa shape index (κ3) is 3.29. The zero-order valence-electron chi connectivity index (χ0n) is 9.23. The van der Waals surface area contributed by atoms with Crippen LogP contribution >= 0.6 is 0 Å². The van der Waals surface area contributed by atoms with Gasteiger partial charge in [0.25, 0.3) is 0 Å². The minimum atomic E-state index is -4.69. The van der Waals surface area contributed by atoms with Crippen molar-refractivity contribution in [3.8, 4) is 0 Å². The molecular formula is C9H10F3N3O3. The highest BCUT2D eigenvalue weighted by molar-refractivity contribution is 5.61. The molecule has 1 atom stereocenters. The molecule has 1 unspecified atom stereocenters. The summed E-state index contributed by atoms with van der Waals surface area (Å²) < 4.78 is 37.2. The number of nitrogens with one attached hydrogen (secondary N) is 1. The number of aliphatic hydroxyl groups excluding tert-OH is 1. The van der Waals surface area contributed by atoms with E-state index in [0.717, 1.165) is 0 Å². The predicted molar refractivity (Wildman–Crippen MR) is 56.1 cm³/mol. The standard InChI is InChI=1S/C9H10F3N3O3/c1-5(4-16)14-6-2-8(9(10,11)12)13-3-7(6)15(17)18/h2-3,5,16H,4H2,1H3,(H,13,14). The van der Waals surface area contributed by atoms with Crippen LogP contribution in [0, 0.1) is 10.1 Å². The predicted octanol–water partition coefficient (Wildman–Crippen LogP) is 1.80. The first-order valence-corrected chi connectivity index (χ1v) is 4.84. The van der Waals surface area contributed by atoms with Crippen LogP contribution in [0.25, 0.3) is 0 Å². The van der Waals surface area contributed by atoms with Gasteiger partial charge in [0.1, 0.15) is 17.6 Å². The maximum atomic E-state index is 12.4. The van der Waals surface area contributed by atoms with E-state index in [2.05, 4.69) is 10.3 Å². The summed E-state index contributed by atoms with van der Waals surface area (Å²) in [5, 5.41) is 21.8. The molecule has 0 saturated carbocycles. The summed E-state index contributed by atoms with van der Waals surface area (Å²) in [6.07, 6.45) is -4.15. The highest BCUT2D eigenvalue weighted by atomic mass is 19.4. The second-order valence-electron chi connectivity index (χ2n) is 3.57. The van der Waals surface area contributed by atoms with Crippen molar-refractivity contribution in [2.45, 2.75) is 19.1 Å². The first-order valence-electron chi connectivity index (χ1n) is 4.84. The fourth-order valence-electron chi connectivity index (χ4n) is 1.18. The molecule has 0 fully saturated rings. The van der Waals surface area contributed by atoms with Gasteiger partial charge in [-0.2, -0.15) is 13.2 Å². The van der Waals surface area contributed by atoms with Crippen LogP contribution in [0.1, 0.15) is 12.6 Å². The Morgan fingerprint density at radius 2 is 2.22 bits per heavy atom. The summed E-state index contributed by atoms with van der Waals surface area (Å²) in [4.78, 5) is 12.8. The van der Waals surface area contributed by atoms with Gasteiger partial charge in [0, 0.05) is 6.04 Å². The lowest BCUT2D eigenvalue weighted by molar-refractivity contribution is -0.384. The van der Waals surface area contributed by atoms with E-state index < -0.39 is 28.5 Å². The summed E-state index contributed by atoms with van der Waals surface area (Å²) in [5.74, 6) is 0. The van der Waals surface area contributed by atoms with E-state index in [1.807, 2.05) is 0 Å².